The number of aromatic nitrogens is 2. The molecule has 138 valence electrons. The monoisotopic (exact) mass is 348 g/mol. The van der Waals surface area contributed by atoms with Gasteiger partial charge in [0.25, 0.3) is 5.91 Å². The van der Waals surface area contributed by atoms with Crippen molar-refractivity contribution in [2.24, 2.45) is 5.92 Å². The molecular weight excluding hydrogens is 320 g/mol. The molecule has 2 atom stereocenters. The number of nitrogens with zero attached hydrogens (tertiary/aromatic N) is 4. The topological polar surface area (TPSA) is 82.7 Å². The largest absolute Gasteiger partial charge is 0.389 e. The highest BCUT2D eigenvalue weighted by atomic mass is 16.6. The first-order valence-electron chi connectivity index (χ1n) is 9.62. The van der Waals surface area contributed by atoms with Crippen molar-refractivity contribution in [1.29, 1.82) is 0 Å². The van der Waals surface area contributed by atoms with Crippen LogP contribution in [0.15, 0.2) is 4.63 Å². The van der Waals surface area contributed by atoms with Crippen molar-refractivity contribution in [3.8, 4) is 0 Å². The minimum Gasteiger partial charge on any atom is -0.389 e. The van der Waals surface area contributed by atoms with Gasteiger partial charge in [-0.25, -0.2) is 4.63 Å². The van der Waals surface area contributed by atoms with Crippen LogP contribution >= 0.6 is 0 Å². The van der Waals surface area contributed by atoms with Crippen LogP contribution in [-0.4, -0.2) is 68.9 Å². The average Bonchev–Trinajstić information content (AvgIpc) is 3.07. The van der Waals surface area contributed by atoms with Gasteiger partial charge in [0, 0.05) is 38.1 Å². The molecule has 3 heterocycles. The summed E-state index contributed by atoms with van der Waals surface area (Å²) in [5.41, 5.74) is 0.197. The van der Waals surface area contributed by atoms with Gasteiger partial charge in [-0.15, -0.1) is 0 Å². The molecule has 2 saturated heterocycles. The minimum absolute atomic E-state index is 0.112. The molecule has 1 N–H and O–H groups in total. The Morgan fingerprint density at radius 3 is 2.64 bits per heavy atom. The zero-order valence-electron chi connectivity index (χ0n) is 15.0. The van der Waals surface area contributed by atoms with Crippen LogP contribution in [0.4, 0.5) is 0 Å². The van der Waals surface area contributed by atoms with E-state index in [4.69, 9.17) is 0 Å². The van der Waals surface area contributed by atoms with Gasteiger partial charge in [-0.05, 0) is 37.8 Å². The number of aliphatic hydroxyl groups is 1. The van der Waals surface area contributed by atoms with Crippen molar-refractivity contribution < 1.29 is 14.5 Å². The number of hydrogen-bond donors (Lipinski definition) is 1. The van der Waals surface area contributed by atoms with Crippen LogP contribution in [0.2, 0.25) is 0 Å². The molecule has 7 nitrogen and oxygen atoms in total. The van der Waals surface area contributed by atoms with E-state index in [0.717, 1.165) is 19.5 Å². The zero-order chi connectivity index (χ0) is 17.4. The fourth-order valence-electron chi connectivity index (χ4n) is 4.87. The van der Waals surface area contributed by atoms with Gasteiger partial charge in [0.1, 0.15) is 5.69 Å². The molecular formula is C18H28N4O3. The highest BCUT2D eigenvalue weighted by molar-refractivity contribution is 5.93. The maximum absolute atomic E-state index is 12.7. The summed E-state index contributed by atoms with van der Waals surface area (Å²) >= 11 is 0. The predicted molar refractivity (Wildman–Crippen MR) is 91.1 cm³/mol. The lowest BCUT2D eigenvalue weighted by atomic mass is 9.74. The Labute approximate surface area is 148 Å². The van der Waals surface area contributed by atoms with Gasteiger partial charge in [-0.3, -0.25) is 9.69 Å². The third-order valence-corrected chi connectivity index (χ3v) is 6.54. The van der Waals surface area contributed by atoms with Crippen molar-refractivity contribution in [3.63, 3.8) is 0 Å². The quantitative estimate of drug-likeness (QED) is 0.874. The lowest BCUT2D eigenvalue weighted by molar-refractivity contribution is -0.115. The molecule has 4 rings (SSSR count). The number of aryl methyl sites for hydroxylation is 1. The van der Waals surface area contributed by atoms with Crippen molar-refractivity contribution in [1.82, 2.24) is 20.1 Å². The van der Waals surface area contributed by atoms with Gasteiger partial charge in [-0.2, -0.15) is 0 Å². The standard InChI is InChI=1S/C18H28N4O3/c1-13-16(20-25-19-13)17(23)22-10-8-18(24)7-9-21(11-14(18)12-22)15-5-3-2-4-6-15/h14-15,24H,2-12H2,1H3/t14-,18-/m0/s1. The van der Waals surface area contributed by atoms with Crippen LogP contribution < -0.4 is 0 Å². The summed E-state index contributed by atoms with van der Waals surface area (Å²) in [5.74, 6) is -0.0170. The molecule has 7 heteroatoms. The summed E-state index contributed by atoms with van der Waals surface area (Å²) in [6.07, 6.45) is 8.01. The van der Waals surface area contributed by atoms with Crippen LogP contribution in [0, 0.1) is 12.8 Å². The molecule has 1 saturated carbocycles. The number of carbonyl (C=O) groups is 1. The molecule has 0 unspecified atom stereocenters. The Kier molecular flexibility index (Phi) is 4.54. The molecule has 1 amide bonds. The van der Waals surface area contributed by atoms with E-state index in [-0.39, 0.29) is 11.8 Å². The number of rotatable bonds is 2. The summed E-state index contributed by atoms with van der Waals surface area (Å²) < 4.78 is 4.67. The molecule has 3 aliphatic rings. The molecule has 0 aromatic carbocycles. The average molecular weight is 348 g/mol. The number of likely N-dealkylation sites (tertiary alicyclic amines) is 2. The summed E-state index contributed by atoms with van der Waals surface area (Å²) in [7, 11) is 0. The number of hydrogen-bond acceptors (Lipinski definition) is 6. The van der Waals surface area contributed by atoms with Crippen molar-refractivity contribution in [2.75, 3.05) is 26.2 Å². The van der Waals surface area contributed by atoms with Crippen LogP contribution in [0.1, 0.15) is 61.1 Å². The second-order valence-corrected chi connectivity index (χ2v) is 8.04. The highest BCUT2D eigenvalue weighted by Gasteiger charge is 2.47. The van der Waals surface area contributed by atoms with E-state index in [9.17, 15) is 9.90 Å². The molecule has 0 radical (unpaired) electrons. The van der Waals surface area contributed by atoms with Crippen LogP contribution in [0.5, 0.6) is 0 Å². The second kappa shape index (κ2) is 6.68. The van der Waals surface area contributed by atoms with Crippen molar-refractivity contribution in [3.05, 3.63) is 11.4 Å². The first-order valence-corrected chi connectivity index (χ1v) is 9.62. The lowest BCUT2D eigenvalue weighted by Crippen LogP contribution is -2.62. The number of piperidine rings is 2. The van der Waals surface area contributed by atoms with Gasteiger partial charge >= 0.3 is 0 Å². The minimum atomic E-state index is -0.626. The lowest BCUT2D eigenvalue weighted by Gasteiger charge is -2.52. The summed E-state index contributed by atoms with van der Waals surface area (Å²) in [6.45, 7) is 4.76. The molecule has 0 spiro atoms. The Hall–Kier alpha value is -1.47. The molecule has 1 aromatic heterocycles. The molecule has 1 aromatic rings. The van der Waals surface area contributed by atoms with Crippen LogP contribution in [0.3, 0.4) is 0 Å². The van der Waals surface area contributed by atoms with Crippen molar-refractivity contribution in [2.45, 2.75) is 63.5 Å². The summed E-state index contributed by atoms with van der Waals surface area (Å²) in [6, 6.07) is 0.659. The number of fused-ring (bicyclic) bond motifs is 1. The Morgan fingerprint density at radius 2 is 1.92 bits per heavy atom. The van der Waals surface area contributed by atoms with Crippen LogP contribution in [-0.2, 0) is 0 Å². The molecule has 3 fully saturated rings. The van der Waals surface area contributed by atoms with E-state index in [1.165, 1.54) is 32.1 Å². The Morgan fingerprint density at radius 1 is 1.16 bits per heavy atom. The number of carbonyl (C=O) groups excluding carboxylic acids is 1. The molecule has 25 heavy (non-hydrogen) atoms. The van der Waals surface area contributed by atoms with Gasteiger partial charge in [0.05, 0.1) is 5.60 Å². The smallest absolute Gasteiger partial charge is 0.278 e. The van der Waals surface area contributed by atoms with Crippen molar-refractivity contribution >= 4 is 5.91 Å². The maximum Gasteiger partial charge on any atom is 0.278 e. The van der Waals surface area contributed by atoms with E-state index in [1.807, 2.05) is 4.90 Å². The first kappa shape index (κ1) is 17.0. The van der Waals surface area contributed by atoms with Gasteiger partial charge in [-0.1, -0.05) is 24.4 Å². The Bertz CT molecular complexity index is 628. The van der Waals surface area contributed by atoms with Gasteiger partial charge < -0.3 is 10.0 Å². The predicted octanol–water partition coefficient (Wildman–Crippen LogP) is 1.61. The SMILES string of the molecule is Cc1nonc1C(=O)N1CC[C@@]2(O)CCN(C3CCCCC3)C[C@H]2C1. The first-order chi connectivity index (χ1) is 12.1. The molecule has 0 bridgehead atoms. The third kappa shape index (κ3) is 3.19. The van der Waals surface area contributed by atoms with Gasteiger partial charge in [0.2, 0.25) is 0 Å². The molecule has 2 aliphatic heterocycles. The third-order valence-electron chi connectivity index (χ3n) is 6.54. The van der Waals surface area contributed by atoms with E-state index >= 15 is 0 Å². The van der Waals surface area contributed by atoms with Crippen LogP contribution in [0.25, 0.3) is 0 Å². The zero-order valence-corrected chi connectivity index (χ0v) is 15.0. The van der Waals surface area contributed by atoms with E-state index < -0.39 is 5.60 Å². The van der Waals surface area contributed by atoms with E-state index in [0.29, 0.717) is 36.9 Å². The fraction of sp³-hybridized carbons (Fsp3) is 0.833. The summed E-state index contributed by atoms with van der Waals surface area (Å²) in [5, 5.41) is 18.5. The highest BCUT2D eigenvalue weighted by Crippen LogP contribution is 2.38. The summed E-state index contributed by atoms with van der Waals surface area (Å²) in [4.78, 5) is 17.1. The molecule has 1 aliphatic carbocycles. The maximum atomic E-state index is 12.7. The second-order valence-electron chi connectivity index (χ2n) is 8.04. The van der Waals surface area contributed by atoms with E-state index in [1.54, 1.807) is 6.92 Å². The number of amides is 1. The fourth-order valence-corrected chi connectivity index (χ4v) is 4.87. The Balaban J connectivity index is 1.45. The van der Waals surface area contributed by atoms with E-state index in [2.05, 4.69) is 19.8 Å². The normalized spacial score (nSPS) is 31.8. The van der Waals surface area contributed by atoms with Gasteiger partial charge in [0.15, 0.2) is 5.69 Å².